The van der Waals surface area contributed by atoms with E-state index in [2.05, 4.69) is 15.6 Å². The minimum absolute atomic E-state index is 0.0204. The lowest BCUT2D eigenvalue weighted by molar-refractivity contribution is -0.117. The second-order valence-electron chi connectivity index (χ2n) is 6.10. The molecular weight excluding hydrogens is 400 g/mol. The van der Waals surface area contributed by atoms with Gasteiger partial charge in [-0.15, -0.1) is 0 Å². The number of anilines is 1. The predicted octanol–water partition coefficient (Wildman–Crippen LogP) is 2.31. The molecule has 10 heteroatoms. The maximum absolute atomic E-state index is 12.5. The van der Waals surface area contributed by atoms with Crippen molar-refractivity contribution in [1.82, 2.24) is 14.6 Å². The van der Waals surface area contributed by atoms with Crippen molar-refractivity contribution in [2.75, 3.05) is 24.2 Å². The van der Waals surface area contributed by atoms with Crippen LogP contribution in [-0.2, 0) is 14.8 Å². The molecule has 1 fully saturated rings. The van der Waals surface area contributed by atoms with Crippen molar-refractivity contribution in [2.24, 2.45) is 0 Å². The number of amides is 3. The Hall–Kier alpha value is -2.43. The van der Waals surface area contributed by atoms with E-state index in [-0.39, 0.29) is 10.6 Å². The smallest absolute Gasteiger partial charge is 0.308 e. The van der Waals surface area contributed by atoms with Crippen molar-refractivity contribution in [3.8, 4) is 0 Å². The standard InChI is InChI=1S/C18H20N4O4S2/c23-16(21-18(24)20-14-6-2-1-3-7-14)13-27-17-9-8-15(12-19-17)28(25,26)22-10-4-5-11-22/h1-3,6-9,12H,4-5,10-11,13H2,(H2,20,21,23,24). The average Bonchev–Trinajstić information content (AvgIpc) is 3.23. The molecule has 1 aliphatic heterocycles. The Morgan fingerprint density at radius 3 is 2.43 bits per heavy atom. The van der Waals surface area contributed by atoms with Gasteiger partial charge in [0.1, 0.15) is 4.90 Å². The molecule has 0 saturated carbocycles. The summed E-state index contributed by atoms with van der Waals surface area (Å²) < 4.78 is 26.4. The largest absolute Gasteiger partial charge is 0.325 e. The van der Waals surface area contributed by atoms with Crippen LogP contribution in [-0.4, -0.2) is 48.5 Å². The van der Waals surface area contributed by atoms with Gasteiger partial charge in [-0.1, -0.05) is 30.0 Å². The number of carbonyl (C=O) groups is 2. The number of thioether (sulfide) groups is 1. The van der Waals surface area contributed by atoms with Gasteiger partial charge in [0.05, 0.1) is 10.8 Å². The van der Waals surface area contributed by atoms with E-state index in [1.54, 1.807) is 30.3 Å². The molecule has 8 nitrogen and oxygen atoms in total. The second kappa shape index (κ2) is 9.18. The van der Waals surface area contributed by atoms with E-state index in [4.69, 9.17) is 0 Å². The number of pyridine rings is 1. The zero-order valence-electron chi connectivity index (χ0n) is 15.0. The first-order chi connectivity index (χ1) is 13.4. The summed E-state index contributed by atoms with van der Waals surface area (Å²) in [6.07, 6.45) is 3.04. The molecule has 28 heavy (non-hydrogen) atoms. The first kappa shape index (κ1) is 20.3. The number of aromatic nitrogens is 1. The topological polar surface area (TPSA) is 108 Å². The first-order valence-electron chi connectivity index (χ1n) is 8.70. The van der Waals surface area contributed by atoms with Crippen molar-refractivity contribution in [2.45, 2.75) is 22.8 Å². The fourth-order valence-corrected chi connectivity index (χ4v) is 4.77. The summed E-state index contributed by atoms with van der Waals surface area (Å²) in [5, 5.41) is 5.28. The first-order valence-corrected chi connectivity index (χ1v) is 11.1. The monoisotopic (exact) mass is 420 g/mol. The lowest BCUT2D eigenvalue weighted by Crippen LogP contribution is -2.35. The average molecular weight is 421 g/mol. The quantitative estimate of drug-likeness (QED) is 0.694. The molecule has 1 aromatic carbocycles. The normalized spacial score (nSPS) is 14.6. The molecule has 1 saturated heterocycles. The molecule has 0 radical (unpaired) electrons. The van der Waals surface area contributed by atoms with Crippen LogP contribution in [0.5, 0.6) is 0 Å². The number of nitrogens with one attached hydrogen (secondary N) is 2. The lowest BCUT2D eigenvalue weighted by atomic mass is 10.3. The van der Waals surface area contributed by atoms with Crippen LogP contribution in [0.3, 0.4) is 0 Å². The number of carbonyl (C=O) groups excluding carboxylic acids is 2. The summed E-state index contributed by atoms with van der Waals surface area (Å²) in [5.74, 6) is -0.498. The highest BCUT2D eigenvalue weighted by Crippen LogP contribution is 2.22. The molecular formula is C18H20N4O4S2. The molecule has 0 unspecified atom stereocenters. The Morgan fingerprint density at radius 1 is 1.07 bits per heavy atom. The number of benzene rings is 1. The fraction of sp³-hybridized carbons (Fsp3) is 0.278. The Labute approximate surface area is 167 Å². The van der Waals surface area contributed by atoms with Crippen LogP contribution < -0.4 is 10.6 Å². The van der Waals surface area contributed by atoms with Gasteiger partial charge in [-0.3, -0.25) is 10.1 Å². The highest BCUT2D eigenvalue weighted by molar-refractivity contribution is 7.99. The number of rotatable bonds is 6. The van der Waals surface area contributed by atoms with Gasteiger partial charge in [-0.2, -0.15) is 4.31 Å². The van der Waals surface area contributed by atoms with Crippen LogP contribution in [0.15, 0.2) is 58.6 Å². The third-order valence-corrected chi connectivity index (χ3v) is 6.87. The van der Waals surface area contributed by atoms with Crippen molar-refractivity contribution >= 4 is 39.4 Å². The van der Waals surface area contributed by atoms with E-state index in [1.165, 1.54) is 16.6 Å². The van der Waals surface area contributed by atoms with E-state index in [9.17, 15) is 18.0 Å². The van der Waals surface area contributed by atoms with Gasteiger partial charge in [0.2, 0.25) is 15.9 Å². The van der Waals surface area contributed by atoms with Gasteiger partial charge in [0.15, 0.2) is 0 Å². The second-order valence-corrected chi connectivity index (χ2v) is 9.03. The molecule has 2 aromatic rings. The SMILES string of the molecule is O=C(CSc1ccc(S(=O)(=O)N2CCCC2)cn1)NC(=O)Nc1ccccc1. The molecule has 0 bridgehead atoms. The van der Waals surface area contributed by atoms with Crippen molar-refractivity contribution in [3.05, 3.63) is 48.7 Å². The van der Waals surface area contributed by atoms with Gasteiger partial charge < -0.3 is 5.32 Å². The van der Waals surface area contributed by atoms with E-state index in [0.717, 1.165) is 24.6 Å². The van der Waals surface area contributed by atoms with Crippen LogP contribution in [0.25, 0.3) is 0 Å². The molecule has 148 valence electrons. The molecule has 1 aromatic heterocycles. The zero-order chi connectivity index (χ0) is 20.0. The van der Waals surface area contributed by atoms with Gasteiger partial charge in [0, 0.05) is 25.0 Å². The third kappa shape index (κ3) is 5.31. The number of hydrogen-bond donors (Lipinski definition) is 2. The summed E-state index contributed by atoms with van der Waals surface area (Å²) in [4.78, 5) is 27.9. The number of para-hydroxylation sites is 1. The van der Waals surface area contributed by atoms with Crippen LogP contribution in [0, 0.1) is 0 Å². The highest BCUT2D eigenvalue weighted by atomic mass is 32.2. The van der Waals surface area contributed by atoms with Crippen molar-refractivity contribution in [3.63, 3.8) is 0 Å². The zero-order valence-corrected chi connectivity index (χ0v) is 16.6. The van der Waals surface area contributed by atoms with Crippen molar-refractivity contribution in [1.29, 1.82) is 0 Å². The molecule has 1 aliphatic rings. The third-order valence-electron chi connectivity index (χ3n) is 4.05. The maximum Gasteiger partial charge on any atom is 0.325 e. The minimum atomic E-state index is -3.50. The molecule has 2 N–H and O–H groups in total. The summed E-state index contributed by atoms with van der Waals surface area (Å²) in [5.41, 5.74) is 0.580. The molecule has 3 rings (SSSR count). The van der Waals surface area contributed by atoms with Crippen LogP contribution in [0.2, 0.25) is 0 Å². The number of nitrogens with zero attached hydrogens (tertiary/aromatic N) is 2. The molecule has 0 atom stereocenters. The van der Waals surface area contributed by atoms with Crippen LogP contribution in [0.4, 0.5) is 10.5 Å². The van der Waals surface area contributed by atoms with E-state index in [0.29, 0.717) is 23.8 Å². The summed E-state index contributed by atoms with van der Waals surface area (Å²) >= 11 is 1.12. The molecule has 3 amide bonds. The van der Waals surface area contributed by atoms with Crippen molar-refractivity contribution < 1.29 is 18.0 Å². The van der Waals surface area contributed by atoms with Gasteiger partial charge in [0.25, 0.3) is 0 Å². The number of urea groups is 1. The number of hydrogen-bond acceptors (Lipinski definition) is 6. The maximum atomic E-state index is 12.5. The predicted molar refractivity (Wildman–Crippen MR) is 107 cm³/mol. The van der Waals surface area contributed by atoms with Gasteiger partial charge in [-0.05, 0) is 37.1 Å². The minimum Gasteiger partial charge on any atom is -0.308 e. The summed E-state index contributed by atoms with van der Waals surface area (Å²) in [7, 11) is -3.50. The van der Waals surface area contributed by atoms with E-state index < -0.39 is 22.0 Å². The molecule has 2 heterocycles. The lowest BCUT2D eigenvalue weighted by Gasteiger charge is -2.15. The Kier molecular flexibility index (Phi) is 6.65. The van der Waals surface area contributed by atoms with E-state index in [1.807, 2.05) is 6.07 Å². The Bertz CT molecular complexity index is 928. The summed E-state index contributed by atoms with van der Waals surface area (Å²) in [6.45, 7) is 1.06. The fourth-order valence-electron chi connectivity index (χ4n) is 2.67. The van der Waals surface area contributed by atoms with Crippen LogP contribution >= 0.6 is 11.8 Å². The molecule has 0 aliphatic carbocycles. The molecule has 0 spiro atoms. The van der Waals surface area contributed by atoms with E-state index >= 15 is 0 Å². The Morgan fingerprint density at radius 2 is 1.79 bits per heavy atom. The summed E-state index contributed by atoms with van der Waals surface area (Å²) in [6, 6.07) is 11.2. The number of sulfonamides is 1. The van der Waals surface area contributed by atoms with Gasteiger partial charge >= 0.3 is 6.03 Å². The number of imide groups is 1. The highest BCUT2D eigenvalue weighted by Gasteiger charge is 2.27. The van der Waals surface area contributed by atoms with Gasteiger partial charge in [-0.25, -0.2) is 18.2 Å². The van der Waals surface area contributed by atoms with Crippen LogP contribution in [0.1, 0.15) is 12.8 Å². The Balaban J connectivity index is 1.49.